The molecule has 1 saturated heterocycles. The van der Waals surface area contributed by atoms with E-state index in [0.29, 0.717) is 36.4 Å². The van der Waals surface area contributed by atoms with Gasteiger partial charge in [-0.1, -0.05) is 12.1 Å². The van der Waals surface area contributed by atoms with Gasteiger partial charge in [-0.15, -0.1) is 0 Å². The van der Waals surface area contributed by atoms with Crippen molar-refractivity contribution in [3.63, 3.8) is 0 Å². The van der Waals surface area contributed by atoms with Crippen LogP contribution >= 0.6 is 0 Å². The standard InChI is InChI=1S/C24H26FN3O3/c1-14-8-19(25)9-21-20(14)10-22(27-21)23(29)26-11-17-4-6-18(7-5-17)24(30)28-12-15(2)31-16(3)13-28/h4-10,15-16,27H,11-13H2,1-3H3,(H,26,29)/t15-,16-/m0/s1. The zero-order chi connectivity index (χ0) is 22.1. The Balaban J connectivity index is 1.38. The molecular weight excluding hydrogens is 397 g/mol. The number of nitrogens with one attached hydrogen (secondary N) is 2. The van der Waals surface area contributed by atoms with Gasteiger partial charge in [0.15, 0.2) is 0 Å². The first kappa shape index (κ1) is 21.1. The molecular formula is C24H26FN3O3. The van der Waals surface area contributed by atoms with Gasteiger partial charge in [-0.25, -0.2) is 4.39 Å². The van der Waals surface area contributed by atoms with Gasteiger partial charge in [0.05, 0.1) is 12.2 Å². The van der Waals surface area contributed by atoms with E-state index in [2.05, 4.69) is 10.3 Å². The number of fused-ring (bicyclic) bond motifs is 1. The lowest BCUT2D eigenvalue weighted by molar-refractivity contribution is -0.0586. The number of aromatic amines is 1. The number of morpholine rings is 1. The van der Waals surface area contributed by atoms with Crippen molar-refractivity contribution in [1.29, 1.82) is 0 Å². The molecule has 0 bridgehead atoms. The molecule has 7 heteroatoms. The molecule has 2 N–H and O–H groups in total. The Morgan fingerprint density at radius 2 is 1.81 bits per heavy atom. The number of carbonyl (C=O) groups is 2. The predicted octanol–water partition coefficient (Wildman–Crippen LogP) is 3.79. The number of rotatable bonds is 4. The largest absolute Gasteiger partial charge is 0.372 e. The fourth-order valence-electron chi connectivity index (χ4n) is 4.07. The summed E-state index contributed by atoms with van der Waals surface area (Å²) in [5.41, 5.74) is 3.24. The van der Waals surface area contributed by atoms with E-state index < -0.39 is 0 Å². The van der Waals surface area contributed by atoms with E-state index in [1.165, 1.54) is 12.1 Å². The fourth-order valence-corrected chi connectivity index (χ4v) is 4.07. The SMILES string of the molecule is Cc1cc(F)cc2[nH]c(C(=O)NCc3ccc(C(=O)N4C[C@H](C)O[C@@H](C)C4)cc3)cc12. The Kier molecular flexibility index (Phi) is 5.78. The molecule has 6 nitrogen and oxygen atoms in total. The molecule has 2 atom stereocenters. The van der Waals surface area contributed by atoms with Crippen LogP contribution in [-0.4, -0.2) is 47.0 Å². The number of H-pyrrole nitrogens is 1. The van der Waals surface area contributed by atoms with E-state index in [-0.39, 0.29) is 29.8 Å². The second-order valence-corrected chi connectivity index (χ2v) is 8.21. The molecule has 3 aromatic rings. The summed E-state index contributed by atoms with van der Waals surface area (Å²) < 4.78 is 19.3. The van der Waals surface area contributed by atoms with Gasteiger partial charge in [0.1, 0.15) is 11.5 Å². The van der Waals surface area contributed by atoms with Crippen LogP contribution in [0.4, 0.5) is 4.39 Å². The molecule has 0 saturated carbocycles. The average Bonchev–Trinajstić information content (AvgIpc) is 3.16. The van der Waals surface area contributed by atoms with Crippen molar-refractivity contribution in [3.8, 4) is 0 Å². The van der Waals surface area contributed by atoms with E-state index >= 15 is 0 Å². The van der Waals surface area contributed by atoms with E-state index in [1.54, 1.807) is 18.2 Å². The number of carbonyl (C=O) groups excluding carboxylic acids is 2. The summed E-state index contributed by atoms with van der Waals surface area (Å²) in [5.74, 6) is -0.625. The highest BCUT2D eigenvalue weighted by molar-refractivity contribution is 5.99. The summed E-state index contributed by atoms with van der Waals surface area (Å²) in [5, 5.41) is 3.68. The lowest BCUT2D eigenvalue weighted by Crippen LogP contribution is -2.48. The molecule has 0 aliphatic carbocycles. The summed E-state index contributed by atoms with van der Waals surface area (Å²) in [6.45, 7) is 7.21. The average molecular weight is 423 g/mol. The Hall–Kier alpha value is -3.19. The number of aryl methyl sites for hydroxylation is 1. The van der Waals surface area contributed by atoms with Crippen LogP contribution < -0.4 is 5.32 Å². The third-order valence-corrected chi connectivity index (χ3v) is 5.52. The summed E-state index contributed by atoms with van der Waals surface area (Å²) >= 11 is 0. The monoisotopic (exact) mass is 423 g/mol. The zero-order valence-corrected chi connectivity index (χ0v) is 17.9. The lowest BCUT2D eigenvalue weighted by Gasteiger charge is -2.35. The van der Waals surface area contributed by atoms with Crippen LogP contribution in [0.5, 0.6) is 0 Å². The first-order valence-electron chi connectivity index (χ1n) is 10.4. The molecule has 0 unspecified atom stereocenters. The van der Waals surface area contributed by atoms with Crippen molar-refractivity contribution < 1.29 is 18.7 Å². The summed E-state index contributed by atoms with van der Waals surface area (Å²) in [6.07, 6.45) is 0.0409. The number of amides is 2. The maximum atomic E-state index is 13.6. The van der Waals surface area contributed by atoms with Crippen molar-refractivity contribution >= 4 is 22.7 Å². The van der Waals surface area contributed by atoms with Gasteiger partial charge >= 0.3 is 0 Å². The maximum Gasteiger partial charge on any atom is 0.267 e. The highest BCUT2D eigenvalue weighted by Gasteiger charge is 2.26. The normalized spacial score (nSPS) is 18.9. The van der Waals surface area contributed by atoms with Crippen LogP contribution in [-0.2, 0) is 11.3 Å². The number of hydrogen-bond acceptors (Lipinski definition) is 3. The Morgan fingerprint density at radius 3 is 2.48 bits per heavy atom. The van der Waals surface area contributed by atoms with Crippen LogP contribution in [0.25, 0.3) is 10.9 Å². The third kappa shape index (κ3) is 4.61. The third-order valence-electron chi connectivity index (χ3n) is 5.52. The van der Waals surface area contributed by atoms with Crippen molar-refractivity contribution in [1.82, 2.24) is 15.2 Å². The molecule has 0 radical (unpaired) electrons. The molecule has 4 rings (SSSR count). The molecule has 1 aliphatic heterocycles. The predicted molar refractivity (Wildman–Crippen MR) is 117 cm³/mol. The second-order valence-electron chi connectivity index (χ2n) is 8.21. The fraction of sp³-hybridized carbons (Fsp3) is 0.333. The number of nitrogens with zero attached hydrogens (tertiary/aromatic N) is 1. The second kappa shape index (κ2) is 8.51. The van der Waals surface area contributed by atoms with Crippen molar-refractivity contribution in [2.75, 3.05) is 13.1 Å². The van der Waals surface area contributed by atoms with Gasteiger partial charge in [0.2, 0.25) is 0 Å². The smallest absolute Gasteiger partial charge is 0.267 e. The van der Waals surface area contributed by atoms with Gasteiger partial charge in [0.25, 0.3) is 11.8 Å². The summed E-state index contributed by atoms with van der Waals surface area (Å²) in [4.78, 5) is 30.1. The molecule has 162 valence electrons. The van der Waals surface area contributed by atoms with Crippen molar-refractivity contribution in [3.05, 3.63) is 70.7 Å². The highest BCUT2D eigenvalue weighted by atomic mass is 19.1. The lowest BCUT2D eigenvalue weighted by atomic mass is 10.1. The Morgan fingerprint density at radius 1 is 1.13 bits per heavy atom. The number of aromatic nitrogens is 1. The van der Waals surface area contributed by atoms with Gasteiger partial charge in [0, 0.05) is 36.1 Å². The van der Waals surface area contributed by atoms with Crippen LogP contribution in [0, 0.1) is 12.7 Å². The number of halogens is 1. The topological polar surface area (TPSA) is 74.4 Å². The molecule has 1 aromatic heterocycles. The molecule has 1 fully saturated rings. The van der Waals surface area contributed by atoms with Crippen LogP contribution in [0.2, 0.25) is 0 Å². The molecule has 0 spiro atoms. The number of ether oxygens (including phenoxy) is 1. The Bertz CT molecular complexity index is 1110. The van der Waals surface area contributed by atoms with E-state index in [1.807, 2.05) is 37.8 Å². The molecule has 2 heterocycles. The van der Waals surface area contributed by atoms with Crippen LogP contribution in [0.15, 0.2) is 42.5 Å². The minimum Gasteiger partial charge on any atom is -0.372 e. The van der Waals surface area contributed by atoms with E-state index in [0.717, 1.165) is 16.5 Å². The van der Waals surface area contributed by atoms with E-state index in [4.69, 9.17) is 4.74 Å². The maximum absolute atomic E-state index is 13.6. The molecule has 31 heavy (non-hydrogen) atoms. The Labute approximate surface area is 180 Å². The molecule has 2 amide bonds. The van der Waals surface area contributed by atoms with Crippen LogP contribution in [0.3, 0.4) is 0 Å². The van der Waals surface area contributed by atoms with Gasteiger partial charge in [-0.3, -0.25) is 9.59 Å². The quantitative estimate of drug-likeness (QED) is 0.670. The van der Waals surface area contributed by atoms with Crippen molar-refractivity contribution in [2.45, 2.75) is 39.5 Å². The molecule has 2 aromatic carbocycles. The van der Waals surface area contributed by atoms with Crippen LogP contribution in [0.1, 0.15) is 45.8 Å². The minimum absolute atomic E-state index is 0.0155. The molecule has 1 aliphatic rings. The minimum atomic E-state index is -0.338. The van der Waals surface area contributed by atoms with Crippen molar-refractivity contribution in [2.24, 2.45) is 0 Å². The number of hydrogen-bond donors (Lipinski definition) is 2. The van der Waals surface area contributed by atoms with Gasteiger partial charge < -0.3 is 19.9 Å². The summed E-state index contributed by atoms with van der Waals surface area (Å²) in [7, 11) is 0. The first-order chi connectivity index (χ1) is 14.8. The zero-order valence-electron chi connectivity index (χ0n) is 17.9. The van der Waals surface area contributed by atoms with E-state index in [9.17, 15) is 14.0 Å². The summed E-state index contributed by atoms with van der Waals surface area (Å²) in [6, 6.07) is 11.8. The number of benzene rings is 2. The highest BCUT2D eigenvalue weighted by Crippen LogP contribution is 2.21. The van der Waals surface area contributed by atoms with Gasteiger partial charge in [-0.2, -0.15) is 0 Å². The van der Waals surface area contributed by atoms with Gasteiger partial charge in [-0.05, 0) is 62.2 Å². The first-order valence-corrected chi connectivity index (χ1v) is 10.4.